The van der Waals surface area contributed by atoms with Gasteiger partial charge in [0.1, 0.15) is 15.7 Å². The number of piperazine rings is 1. The van der Waals surface area contributed by atoms with Crippen LogP contribution in [0.15, 0.2) is 30.3 Å². The Balaban J connectivity index is 1.73. The molecule has 1 aromatic heterocycles. The molecule has 1 saturated heterocycles. The van der Waals surface area contributed by atoms with Crippen molar-refractivity contribution in [1.82, 2.24) is 14.4 Å². The van der Waals surface area contributed by atoms with Crippen LogP contribution in [-0.2, 0) is 9.84 Å². The number of aromatic nitrogens is 1. The van der Waals surface area contributed by atoms with Crippen LogP contribution in [-0.4, -0.2) is 73.4 Å². The van der Waals surface area contributed by atoms with Crippen molar-refractivity contribution in [1.29, 1.82) is 0 Å². The van der Waals surface area contributed by atoms with Crippen LogP contribution in [0.5, 0.6) is 0 Å². The summed E-state index contributed by atoms with van der Waals surface area (Å²) in [6.45, 7) is 6.57. The Bertz CT molecular complexity index is 977. The maximum absolute atomic E-state index is 14.2. The van der Waals surface area contributed by atoms with Crippen molar-refractivity contribution in [2.45, 2.75) is 13.8 Å². The number of hydrogen-bond donors (Lipinski definition) is 0. The monoisotopic (exact) mass is 407 g/mol. The zero-order chi connectivity index (χ0) is 20.5. The van der Waals surface area contributed by atoms with E-state index >= 15 is 0 Å². The van der Waals surface area contributed by atoms with E-state index in [1.807, 2.05) is 13.8 Å². The lowest BCUT2D eigenvalue weighted by molar-refractivity contribution is 0.0643. The fraction of sp³-hybridized carbons (Fsp3) is 0.450. The second-order valence-corrected chi connectivity index (χ2v) is 9.60. The predicted molar refractivity (Wildman–Crippen MR) is 107 cm³/mol. The molecule has 6 nitrogen and oxygen atoms in total. The minimum absolute atomic E-state index is 0.0709. The summed E-state index contributed by atoms with van der Waals surface area (Å²) in [4.78, 5) is 16.9. The lowest BCUT2D eigenvalue weighted by Gasteiger charge is -2.34. The number of carbonyl (C=O) groups is 1. The van der Waals surface area contributed by atoms with E-state index in [2.05, 4.69) is 4.90 Å². The van der Waals surface area contributed by atoms with Gasteiger partial charge in [-0.25, -0.2) is 12.8 Å². The zero-order valence-corrected chi connectivity index (χ0v) is 17.3. The molecule has 0 N–H and O–H groups in total. The van der Waals surface area contributed by atoms with Crippen molar-refractivity contribution in [2.75, 3.05) is 44.7 Å². The van der Waals surface area contributed by atoms with E-state index in [4.69, 9.17) is 0 Å². The lowest BCUT2D eigenvalue weighted by Crippen LogP contribution is -2.49. The van der Waals surface area contributed by atoms with Crippen LogP contribution in [0.1, 0.15) is 21.7 Å². The topological polar surface area (TPSA) is 62.6 Å². The summed E-state index contributed by atoms with van der Waals surface area (Å²) in [5.74, 6) is -0.272. The predicted octanol–water partition coefficient (Wildman–Crippen LogP) is 2.04. The minimum atomic E-state index is -2.99. The first-order valence-electron chi connectivity index (χ1n) is 9.30. The number of sulfone groups is 1. The average molecular weight is 408 g/mol. The van der Waals surface area contributed by atoms with Crippen molar-refractivity contribution in [3.05, 3.63) is 53.1 Å². The first kappa shape index (κ1) is 20.5. The van der Waals surface area contributed by atoms with Gasteiger partial charge in [-0.3, -0.25) is 9.69 Å². The van der Waals surface area contributed by atoms with Gasteiger partial charge in [-0.15, -0.1) is 0 Å². The van der Waals surface area contributed by atoms with Crippen LogP contribution in [0.2, 0.25) is 0 Å². The number of para-hydroxylation sites is 1. The summed E-state index contributed by atoms with van der Waals surface area (Å²) in [6, 6.07) is 8.33. The van der Waals surface area contributed by atoms with Crippen LogP contribution >= 0.6 is 0 Å². The molecule has 1 aromatic carbocycles. The van der Waals surface area contributed by atoms with Crippen LogP contribution in [0.3, 0.4) is 0 Å². The third kappa shape index (κ3) is 4.44. The molecule has 1 aliphatic heterocycles. The van der Waals surface area contributed by atoms with Gasteiger partial charge in [0.05, 0.1) is 17.0 Å². The van der Waals surface area contributed by atoms with Crippen molar-refractivity contribution >= 4 is 15.7 Å². The normalized spacial score (nSPS) is 15.8. The minimum Gasteiger partial charge on any atom is -0.336 e. The molecule has 1 amide bonds. The molecule has 0 radical (unpaired) electrons. The van der Waals surface area contributed by atoms with Crippen molar-refractivity contribution < 1.29 is 17.6 Å². The van der Waals surface area contributed by atoms with Crippen molar-refractivity contribution in [3.63, 3.8) is 0 Å². The fourth-order valence-corrected chi connectivity index (χ4v) is 4.21. The molecule has 28 heavy (non-hydrogen) atoms. The third-order valence-corrected chi connectivity index (χ3v) is 6.12. The van der Waals surface area contributed by atoms with Gasteiger partial charge in [0.2, 0.25) is 0 Å². The Morgan fingerprint density at radius 3 is 2.36 bits per heavy atom. The Labute approximate surface area is 165 Å². The van der Waals surface area contributed by atoms with E-state index in [9.17, 15) is 17.6 Å². The largest absolute Gasteiger partial charge is 0.336 e. The molecule has 8 heteroatoms. The number of nitrogens with zero attached hydrogens (tertiary/aromatic N) is 3. The van der Waals surface area contributed by atoms with Gasteiger partial charge in [0, 0.05) is 50.4 Å². The summed E-state index contributed by atoms with van der Waals surface area (Å²) in [5, 5.41) is 0. The standard InChI is InChI=1S/C20H26FN3O3S/c1-15-14-17(16(2)24(15)19-7-5-4-6-18(19)21)20(25)23-10-8-22(9-11-23)12-13-28(3,26)27/h4-7,14H,8-13H2,1-3H3. The van der Waals surface area contributed by atoms with Crippen LogP contribution < -0.4 is 0 Å². The molecule has 2 aromatic rings. The number of amides is 1. The molecule has 0 spiro atoms. The Kier molecular flexibility index (Phi) is 5.90. The highest BCUT2D eigenvalue weighted by molar-refractivity contribution is 7.90. The summed E-state index contributed by atoms with van der Waals surface area (Å²) >= 11 is 0. The van der Waals surface area contributed by atoms with E-state index in [0.29, 0.717) is 49.7 Å². The summed E-state index contributed by atoms with van der Waals surface area (Å²) < 4.78 is 38.7. The van der Waals surface area contributed by atoms with Crippen LogP contribution in [0.25, 0.3) is 5.69 Å². The van der Waals surface area contributed by atoms with Gasteiger partial charge in [-0.05, 0) is 32.0 Å². The number of halogens is 1. The smallest absolute Gasteiger partial charge is 0.255 e. The number of benzene rings is 1. The number of aryl methyl sites for hydroxylation is 1. The van der Waals surface area contributed by atoms with Gasteiger partial charge in [-0.2, -0.15) is 0 Å². The molecular formula is C20H26FN3O3S. The molecule has 0 aliphatic carbocycles. The Morgan fingerprint density at radius 1 is 1.11 bits per heavy atom. The summed E-state index contributed by atoms with van der Waals surface area (Å²) in [6.07, 6.45) is 1.23. The van der Waals surface area contributed by atoms with Crippen molar-refractivity contribution in [3.8, 4) is 5.69 Å². The maximum Gasteiger partial charge on any atom is 0.255 e. The van der Waals surface area contributed by atoms with Gasteiger partial charge in [-0.1, -0.05) is 12.1 Å². The maximum atomic E-state index is 14.2. The lowest BCUT2D eigenvalue weighted by atomic mass is 10.2. The van der Waals surface area contributed by atoms with Gasteiger partial charge in [0.15, 0.2) is 0 Å². The van der Waals surface area contributed by atoms with E-state index in [1.165, 1.54) is 12.3 Å². The van der Waals surface area contributed by atoms with Crippen LogP contribution in [0.4, 0.5) is 4.39 Å². The second-order valence-electron chi connectivity index (χ2n) is 7.34. The quantitative estimate of drug-likeness (QED) is 0.761. The fourth-order valence-electron chi connectivity index (χ4n) is 3.62. The Hall–Kier alpha value is -2.19. The zero-order valence-electron chi connectivity index (χ0n) is 16.5. The van der Waals surface area contributed by atoms with Crippen molar-refractivity contribution in [2.24, 2.45) is 0 Å². The van der Waals surface area contributed by atoms with E-state index < -0.39 is 9.84 Å². The molecule has 2 heterocycles. The molecule has 0 unspecified atom stereocenters. The van der Waals surface area contributed by atoms with Gasteiger partial charge >= 0.3 is 0 Å². The van der Waals surface area contributed by atoms with Gasteiger partial charge < -0.3 is 9.47 Å². The first-order chi connectivity index (χ1) is 13.2. The number of carbonyl (C=O) groups excluding carboxylic acids is 1. The number of hydrogen-bond acceptors (Lipinski definition) is 4. The molecule has 1 aliphatic rings. The number of rotatable bonds is 5. The average Bonchev–Trinajstić information content (AvgIpc) is 2.94. The summed E-state index contributed by atoms with van der Waals surface area (Å²) in [7, 11) is -2.99. The highest BCUT2D eigenvalue weighted by Crippen LogP contribution is 2.24. The SMILES string of the molecule is Cc1cc(C(=O)N2CCN(CCS(C)(=O)=O)CC2)c(C)n1-c1ccccc1F. The Morgan fingerprint density at radius 2 is 1.75 bits per heavy atom. The third-order valence-electron chi connectivity index (χ3n) is 5.19. The van der Waals surface area contributed by atoms with E-state index in [0.717, 1.165) is 5.69 Å². The molecular weight excluding hydrogens is 381 g/mol. The molecule has 0 saturated carbocycles. The molecule has 1 fully saturated rings. The second kappa shape index (κ2) is 8.05. The molecule has 3 rings (SSSR count). The molecule has 0 atom stereocenters. The molecule has 0 bridgehead atoms. The van der Waals surface area contributed by atoms with Crippen LogP contribution in [0, 0.1) is 19.7 Å². The highest BCUT2D eigenvalue weighted by Gasteiger charge is 2.26. The molecule has 152 valence electrons. The van der Waals surface area contributed by atoms with E-state index in [-0.39, 0.29) is 17.5 Å². The van der Waals surface area contributed by atoms with E-state index in [1.54, 1.807) is 33.7 Å². The summed E-state index contributed by atoms with van der Waals surface area (Å²) in [5.41, 5.74) is 2.53. The highest BCUT2D eigenvalue weighted by atomic mass is 32.2. The van der Waals surface area contributed by atoms with Gasteiger partial charge in [0.25, 0.3) is 5.91 Å². The first-order valence-corrected chi connectivity index (χ1v) is 11.4.